The molecular weight excluding hydrogens is 328 g/mol. The standard InChI is InChI=1S/C21H22N2O3/c1-5-25-18-10-19-17(15(4)12-26-19)9-16(18)14(3)8-21(24)23-20-7-6-13(2)11-22-20/h6-12H,5H2,1-4H3,(H,22,23,24)/b14-8+. The van der Waals surface area contributed by atoms with Crippen LogP contribution in [0.3, 0.4) is 0 Å². The number of fused-ring (bicyclic) bond motifs is 1. The van der Waals surface area contributed by atoms with Crippen molar-refractivity contribution in [2.24, 2.45) is 0 Å². The maximum Gasteiger partial charge on any atom is 0.249 e. The van der Waals surface area contributed by atoms with Crippen molar-refractivity contribution in [1.29, 1.82) is 0 Å². The van der Waals surface area contributed by atoms with Gasteiger partial charge in [0.2, 0.25) is 5.91 Å². The Morgan fingerprint density at radius 1 is 1.31 bits per heavy atom. The number of rotatable bonds is 5. The molecule has 2 aromatic heterocycles. The molecule has 5 nitrogen and oxygen atoms in total. The number of anilines is 1. The van der Waals surface area contributed by atoms with Gasteiger partial charge in [-0.1, -0.05) is 6.07 Å². The summed E-state index contributed by atoms with van der Waals surface area (Å²) in [5, 5.41) is 3.79. The van der Waals surface area contributed by atoms with E-state index in [0.29, 0.717) is 18.2 Å². The number of nitrogens with one attached hydrogen (secondary N) is 1. The van der Waals surface area contributed by atoms with E-state index in [1.54, 1.807) is 24.6 Å². The molecule has 0 bridgehead atoms. The third-order valence-electron chi connectivity index (χ3n) is 4.10. The molecule has 0 fully saturated rings. The van der Waals surface area contributed by atoms with E-state index in [0.717, 1.165) is 33.2 Å². The molecule has 26 heavy (non-hydrogen) atoms. The van der Waals surface area contributed by atoms with E-state index in [2.05, 4.69) is 10.3 Å². The number of furan rings is 1. The van der Waals surface area contributed by atoms with Gasteiger partial charge in [0.1, 0.15) is 17.2 Å². The summed E-state index contributed by atoms with van der Waals surface area (Å²) in [7, 11) is 0. The summed E-state index contributed by atoms with van der Waals surface area (Å²) in [5.41, 5.74) is 4.54. The van der Waals surface area contributed by atoms with Gasteiger partial charge >= 0.3 is 0 Å². The van der Waals surface area contributed by atoms with E-state index in [-0.39, 0.29) is 5.91 Å². The quantitative estimate of drug-likeness (QED) is 0.666. The van der Waals surface area contributed by atoms with Gasteiger partial charge in [-0.2, -0.15) is 0 Å². The summed E-state index contributed by atoms with van der Waals surface area (Å²) in [6, 6.07) is 7.56. The number of aryl methyl sites for hydroxylation is 2. The number of nitrogens with zero attached hydrogens (tertiary/aromatic N) is 1. The molecule has 0 spiro atoms. The average molecular weight is 350 g/mol. The van der Waals surface area contributed by atoms with Crippen molar-refractivity contribution < 1.29 is 13.9 Å². The van der Waals surface area contributed by atoms with Crippen LogP contribution in [0, 0.1) is 13.8 Å². The van der Waals surface area contributed by atoms with Gasteiger partial charge in [-0.15, -0.1) is 0 Å². The number of amides is 1. The highest BCUT2D eigenvalue weighted by Gasteiger charge is 2.13. The van der Waals surface area contributed by atoms with Crippen molar-refractivity contribution in [1.82, 2.24) is 4.98 Å². The molecule has 0 atom stereocenters. The van der Waals surface area contributed by atoms with Crippen LogP contribution in [0.15, 0.2) is 47.2 Å². The van der Waals surface area contributed by atoms with E-state index in [9.17, 15) is 4.79 Å². The highest BCUT2D eigenvalue weighted by atomic mass is 16.5. The third-order valence-corrected chi connectivity index (χ3v) is 4.10. The lowest BCUT2D eigenvalue weighted by molar-refractivity contribution is -0.111. The maximum atomic E-state index is 12.3. The molecule has 1 N–H and O–H groups in total. The first-order valence-electron chi connectivity index (χ1n) is 8.55. The predicted molar refractivity (Wildman–Crippen MR) is 103 cm³/mol. The topological polar surface area (TPSA) is 64.4 Å². The zero-order chi connectivity index (χ0) is 18.7. The van der Waals surface area contributed by atoms with Gasteiger partial charge in [-0.3, -0.25) is 4.79 Å². The second-order valence-corrected chi connectivity index (χ2v) is 6.23. The minimum Gasteiger partial charge on any atom is -0.493 e. The van der Waals surface area contributed by atoms with Crippen molar-refractivity contribution in [3.8, 4) is 5.75 Å². The van der Waals surface area contributed by atoms with Gasteiger partial charge in [0.05, 0.1) is 12.9 Å². The van der Waals surface area contributed by atoms with Crippen LogP contribution in [0.1, 0.15) is 30.5 Å². The fraction of sp³-hybridized carbons (Fsp3) is 0.238. The van der Waals surface area contributed by atoms with Crippen molar-refractivity contribution in [3.05, 3.63) is 59.5 Å². The molecule has 134 valence electrons. The van der Waals surface area contributed by atoms with Crippen LogP contribution < -0.4 is 10.1 Å². The molecule has 2 heterocycles. The molecule has 1 amide bonds. The number of hydrogen-bond donors (Lipinski definition) is 1. The van der Waals surface area contributed by atoms with Crippen molar-refractivity contribution in [3.63, 3.8) is 0 Å². The van der Waals surface area contributed by atoms with Crippen LogP contribution in [0.2, 0.25) is 0 Å². The highest BCUT2D eigenvalue weighted by Crippen LogP contribution is 2.33. The fourth-order valence-corrected chi connectivity index (χ4v) is 2.74. The van der Waals surface area contributed by atoms with Gasteiger partial charge in [0, 0.05) is 29.3 Å². The first kappa shape index (κ1) is 17.7. The SMILES string of the molecule is CCOc1cc2occ(C)c2cc1/C(C)=C/C(=O)Nc1ccc(C)cn1. The normalized spacial score (nSPS) is 11.6. The Morgan fingerprint density at radius 3 is 2.81 bits per heavy atom. The van der Waals surface area contributed by atoms with Gasteiger partial charge in [0.25, 0.3) is 0 Å². The number of carbonyl (C=O) groups is 1. The largest absolute Gasteiger partial charge is 0.493 e. The number of hydrogen-bond acceptors (Lipinski definition) is 4. The molecule has 0 aliphatic carbocycles. The van der Waals surface area contributed by atoms with E-state index in [4.69, 9.17) is 9.15 Å². The summed E-state index contributed by atoms with van der Waals surface area (Å²) in [5.74, 6) is 0.991. The zero-order valence-corrected chi connectivity index (χ0v) is 15.4. The van der Waals surface area contributed by atoms with Gasteiger partial charge < -0.3 is 14.5 Å². The number of carbonyl (C=O) groups excluding carboxylic acids is 1. The molecule has 0 aliphatic rings. The first-order chi connectivity index (χ1) is 12.5. The number of pyridine rings is 1. The summed E-state index contributed by atoms with van der Waals surface area (Å²) >= 11 is 0. The van der Waals surface area contributed by atoms with Crippen molar-refractivity contribution in [2.45, 2.75) is 27.7 Å². The van der Waals surface area contributed by atoms with Crippen LogP contribution in [0.5, 0.6) is 5.75 Å². The Kier molecular flexibility index (Phi) is 5.07. The lowest BCUT2D eigenvalue weighted by Gasteiger charge is -2.11. The summed E-state index contributed by atoms with van der Waals surface area (Å²) in [6.45, 7) is 8.29. The molecule has 0 saturated carbocycles. The number of ether oxygens (including phenoxy) is 1. The molecule has 0 unspecified atom stereocenters. The Balaban J connectivity index is 1.91. The first-order valence-corrected chi connectivity index (χ1v) is 8.55. The van der Waals surface area contributed by atoms with Gasteiger partial charge in [0.15, 0.2) is 0 Å². The minimum absolute atomic E-state index is 0.231. The predicted octanol–water partition coefficient (Wildman–Crippen LogP) is 4.89. The van der Waals surface area contributed by atoms with Crippen molar-refractivity contribution >= 4 is 28.3 Å². The monoisotopic (exact) mass is 350 g/mol. The van der Waals surface area contributed by atoms with E-state index in [1.807, 2.05) is 45.9 Å². The summed E-state index contributed by atoms with van der Waals surface area (Å²) < 4.78 is 11.3. The maximum absolute atomic E-state index is 12.3. The Labute approximate surface area is 152 Å². The molecule has 0 radical (unpaired) electrons. The Hall–Kier alpha value is -3.08. The van der Waals surface area contributed by atoms with Crippen LogP contribution in [-0.4, -0.2) is 17.5 Å². The molecule has 0 saturated heterocycles. The lowest BCUT2D eigenvalue weighted by atomic mass is 10.0. The molecule has 3 rings (SSSR count). The molecule has 1 aromatic carbocycles. The van der Waals surface area contributed by atoms with Gasteiger partial charge in [-0.25, -0.2) is 4.98 Å². The highest BCUT2D eigenvalue weighted by molar-refractivity contribution is 6.04. The smallest absolute Gasteiger partial charge is 0.249 e. The lowest BCUT2D eigenvalue weighted by Crippen LogP contribution is -2.10. The van der Waals surface area contributed by atoms with E-state index in [1.165, 1.54) is 0 Å². The number of benzene rings is 1. The molecular formula is C21H22N2O3. The molecule has 3 aromatic rings. The van der Waals surface area contributed by atoms with Crippen molar-refractivity contribution in [2.75, 3.05) is 11.9 Å². The summed E-state index contributed by atoms with van der Waals surface area (Å²) in [6.07, 6.45) is 4.99. The Bertz CT molecular complexity index is 969. The average Bonchev–Trinajstić information content (AvgIpc) is 2.97. The zero-order valence-electron chi connectivity index (χ0n) is 15.4. The number of allylic oxidation sites excluding steroid dienone is 1. The second-order valence-electron chi connectivity index (χ2n) is 6.23. The molecule has 0 aliphatic heterocycles. The van der Waals surface area contributed by atoms with Crippen LogP contribution in [0.4, 0.5) is 5.82 Å². The number of aromatic nitrogens is 1. The second kappa shape index (κ2) is 7.44. The van der Waals surface area contributed by atoms with E-state index >= 15 is 0 Å². The van der Waals surface area contributed by atoms with Crippen LogP contribution >= 0.6 is 0 Å². The molecule has 5 heteroatoms. The van der Waals surface area contributed by atoms with Crippen LogP contribution in [0.25, 0.3) is 16.5 Å². The van der Waals surface area contributed by atoms with Crippen LogP contribution in [-0.2, 0) is 4.79 Å². The van der Waals surface area contributed by atoms with Gasteiger partial charge in [-0.05, 0) is 56.5 Å². The summed E-state index contributed by atoms with van der Waals surface area (Å²) in [4.78, 5) is 16.5. The Morgan fingerprint density at radius 2 is 2.12 bits per heavy atom. The minimum atomic E-state index is -0.231. The fourth-order valence-electron chi connectivity index (χ4n) is 2.74. The van der Waals surface area contributed by atoms with E-state index < -0.39 is 0 Å². The third kappa shape index (κ3) is 3.77.